The quantitative estimate of drug-likeness (QED) is 0.789. The first kappa shape index (κ1) is 17.7. The molecule has 1 heterocycles. The Morgan fingerprint density at radius 2 is 2.09 bits per heavy atom. The lowest BCUT2D eigenvalue weighted by atomic mass is 10.0. The number of hydrogen-bond donors (Lipinski definition) is 3. The molecule has 0 spiro atoms. The minimum Gasteiger partial charge on any atom is -0.387 e. The lowest BCUT2D eigenvalue weighted by Crippen LogP contribution is -2.48. The molecule has 0 saturated carbocycles. The van der Waals surface area contributed by atoms with Gasteiger partial charge in [0.2, 0.25) is 0 Å². The van der Waals surface area contributed by atoms with Crippen LogP contribution in [0.2, 0.25) is 0 Å². The van der Waals surface area contributed by atoms with E-state index in [1.807, 2.05) is 42.5 Å². The Bertz CT molecular complexity index is 659. The van der Waals surface area contributed by atoms with Gasteiger partial charge in [0.1, 0.15) is 6.10 Å². The van der Waals surface area contributed by atoms with Crippen molar-refractivity contribution in [1.82, 2.24) is 10.6 Å². The SMILES string of the molecule is Cl.O=C(NCC(O)c1ccc2ccccc2c1)C1CNCCO1. The van der Waals surface area contributed by atoms with Crippen molar-refractivity contribution in [3.8, 4) is 0 Å². The summed E-state index contributed by atoms with van der Waals surface area (Å²) in [6.07, 6.45) is -1.21. The molecule has 1 fully saturated rings. The fraction of sp³-hybridized carbons (Fsp3) is 0.353. The van der Waals surface area contributed by atoms with Gasteiger partial charge in [-0.25, -0.2) is 0 Å². The number of morpholine rings is 1. The second kappa shape index (κ2) is 8.26. The van der Waals surface area contributed by atoms with Crippen LogP contribution in [0, 0.1) is 0 Å². The first-order valence-electron chi connectivity index (χ1n) is 7.51. The number of halogens is 1. The van der Waals surface area contributed by atoms with E-state index in [1.54, 1.807) is 0 Å². The van der Waals surface area contributed by atoms with Crippen LogP contribution in [0.1, 0.15) is 11.7 Å². The summed E-state index contributed by atoms with van der Waals surface area (Å²) in [6.45, 7) is 1.99. The van der Waals surface area contributed by atoms with Crippen molar-refractivity contribution >= 4 is 29.1 Å². The molecule has 124 valence electrons. The second-order valence-corrected chi connectivity index (χ2v) is 5.43. The second-order valence-electron chi connectivity index (χ2n) is 5.43. The van der Waals surface area contributed by atoms with Gasteiger partial charge in [-0.3, -0.25) is 4.79 Å². The summed E-state index contributed by atoms with van der Waals surface area (Å²) in [6, 6.07) is 13.8. The molecule has 1 aliphatic heterocycles. The zero-order chi connectivity index (χ0) is 15.4. The zero-order valence-corrected chi connectivity index (χ0v) is 13.5. The van der Waals surface area contributed by atoms with Crippen LogP contribution in [-0.2, 0) is 9.53 Å². The van der Waals surface area contributed by atoms with E-state index in [4.69, 9.17) is 4.74 Å². The topological polar surface area (TPSA) is 70.6 Å². The molecule has 0 aliphatic carbocycles. The summed E-state index contributed by atoms with van der Waals surface area (Å²) in [5, 5.41) is 18.3. The van der Waals surface area contributed by atoms with Gasteiger partial charge in [-0.1, -0.05) is 36.4 Å². The van der Waals surface area contributed by atoms with E-state index < -0.39 is 12.2 Å². The van der Waals surface area contributed by atoms with Crippen molar-refractivity contribution in [2.75, 3.05) is 26.2 Å². The fourth-order valence-corrected chi connectivity index (χ4v) is 2.58. The van der Waals surface area contributed by atoms with Gasteiger partial charge < -0.3 is 20.5 Å². The Labute approximate surface area is 141 Å². The van der Waals surface area contributed by atoms with E-state index in [9.17, 15) is 9.90 Å². The van der Waals surface area contributed by atoms with Crippen molar-refractivity contribution in [2.45, 2.75) is 12.2 Å². The van der Waals surface area contributed by atoms with Gasteiger partial charge in [-0.05, 0) is 22.4 Å². The molecule has 0 aromatic heterocycles. The summed E-state index contributed by atoms with van der Waals surface area (Å²) in [5.74, 6) is -0.188. The number of carbonyl (C=O) groups is 1. The van der Waals surface area contributed by atoms with Gasteiger partial charge in [0, 0.05) is 19.6 Å². The van der Waals surface area contributed by atoms with Crippen LogP contribution in [0.15, 0.2) is 42.5 Å². The number of nitrogens with one attached hydrogen (secondary N) is 2. The van der Waals surface area contributed by atoms with Crippen molar-refractivity contribution in [1.29, 1.82) is 0 Å². The highest BCUT2D eigenvalue weighted by Gasteiger charge is 2.22. The molecule has 1 aliphatic rings. The van der Waals surface area contributed by atoms with Crippen LogP contribution >= 0.6 is 12.4 Å². The molecule has 2 aromatic carbocycles. The molecule has 0 radical (unpaired) electrons. The first-order chi connectivity index (χ1) is 10.7. The van der Waals surface area contributed by atoms with Crippen LogP contribution in [0.4, 0.5) is 0 Å². The molecule has 6 heteroatoms. The third kappa shape index (κ3) is 4.42. The molecular formula is C17H21ClN2O3. The molecule has 2 atom stereocenters. The van der Waals surface area contributed by atoms with Crippen molar-refractivity contribution < 1.29 is 14.6 Å². The molecular weight excluding hydrogens is 316 g/mol. The average Bonchev–Trinajstić information content (AvgIpc) is 2.59. The number of amides is 1. The van der Waals surface area contributed by atoms with E-state index in [-0.39, 0.29) is 24.9 Å². The number of hydrogen-bond acceptors (Lipinski definition) is 4. The molecule has 2 aromatic rings. The number of ether oxygens (including phenoxy) is 1. The summed E-state index contributed by atoms with van der Waals surface area (Å²) >= 11 is 0. The number of benzene rings is 2. The molecule has 0 bridgehead atoms. The summed E-state index contributed by atoms with van der Waals surface area (Å²) < 4.78 is 5.38. The smallest absolute Gasteiger partial charge is 0.250 e. The largest absolute Gasteiger partial charge is 0.387 e. The minimum absolute atomic E-state index is 0. The predicted molar refractivity (Wildman–Crippen MR) is 91.8 cm³/mol. The van der Waals surface area contributed by atoms with Crippen molar-refractivity contribution in [3.05, 3.63) is 48.0 Å². The highest BCUT2D eigenvalue weighted by atomic mass is 35.5. The highest BCUT2D eigenvalue weighted by molar-refractivity contribution is 5.85. The normalized spacial score (nSPS) is 18.9. The lowest BCUT2D eigenvalue weighted by molar-refractivity contribution is -0.134. The minimum atomic E-state index is -0.731. The average molecular weight is 337 g/mol. The first-order valence-corrected chi connectivity index (χ1v) is 7.51. The van der Waals surface area contributed by atoms with Gasteiger partial charge in [-0.15, -0.1) is 12.4 Å². The van der Waals surface area contributed by atoms with Gasteiger partial charge in [0.25, 0.3) is 5.91 Å². The number of aliphatic hydroxyl groups excluding tert-OH is 1. The number of fused-ring (bicyclic) bond motifs is 1. The Morgan fingerprint density at radius 1 is 1.30 bits per heavy atom. The van der Waals surface area contributed by atoms with Crippen LogP contribution in [-0.4, -0.2) is 43.4 Å². The van der Waals surface area contributed by atoms with E-state index >= 15 is 0 Å². The number of carbonyl (C=O) groups excluding carboxylic acids is 1. The molecule has 2 unspecified atom stereocenters. The molecule has 1 amide bonds. The Hall–Kier alpha value is -1.66. The summed E-state index contributed by atoms with van der Waals surface area (Å²) in [5.41, 5.74) is 0.793. The standard InChI is InChI=1S/C17H20N2O3.ClH/c20-15(10-19-17(21)16-11-18-7-8-22-16)14-6-5-12-3-1-2-4-13(12)9-14;/h1-6,9,15-16,18,20H,7-8,10-11H2,(H,19,21);1H. The van der Waals surface area contributed by atoms with Crippen LogP contribution in [0.5, 0.6) is 0 Å². The maximum atomic E-state index is 12.0. The molecule has 23 heavy (non-hydrogen) atoms. The van der Waals surface area contributed by atoms with Crippen molar-refractivity contribution in [2.24, 2.45) is 0 Å². The van der Waals surface area contributed by atoms with Crippen molar-refractivity contribution in [3.63, 3.8) is 0 Å². The molecule has 3 rings (SSSR count). The maximum Gasteiger partial charge on any atom is 0.250 e. The Morgan fingerprint density at radius 3 is 2.83 bits per heavy atom. The van der Waals surface area contributed by atoms with Gasteiger partial charge >= 0.3 is 0 Å². The fourth-order valence-electron chi connectivity index (χ4n) is 2.58. The molecule has 1 saturated heterocycles. The molecule has 5 nitrogen and oxygen atoms in total. The lowest BCUT2D eigenvalue weighted by Gasteiger charge is -2.23. The van der Waals surface area contributed by atoms with E-state index in [0.29, 0.717) is 13.2 Å². The van der Waals surface area contributed by atoms with E-state index in [0.717, 1.165) is 22.9 Å². The van der Waals surface area contributed by atoms with Crippen LogP contribution in [0.25, 0.3) is 10.8 Å². The third-order valence-electron chi connectivity index (χ3n) is 3.85. The van der Waals surface area contributed by atoms with Gasteiger partial charge in [-0.2, -0.15) is 0 Å². The van der Waals surface area contributed by atoms with E-state index in [2.05, 4.69) is 10.6 Å². The van der Waals surface area contributed by atoms with Crippen LogP contribution in [0.3, 0.4) is 0 Å². The zero-order valence-electron chi connectivity index (χ0n) is 12.7. The number of rotatable bonds is 4. The number of aliphatic hydroxyl groups is 1. The summed E-state index contributed by atoms with van der Waals surface area (Å²) in [4.78, 5) is 12.0. The van der Waals surface area contributed by atoms with E-state index in [1.165, 1.54) is 0 Å². The van der Waals surface area contributed by atoms with Gasteiger partial charge in [0.05, 0.1) is 12.7 Å². The highest BCUT2D eigenvalue weighted by Crippen LogP contribution is 2.20. The maximum absolute atomic E-state index is 12.0. The summed E-state index contributed by atoms with van der Waals surface area (Å²) in [7, 11) is 0. The van der Waals surface area contributed by atoms with Crippen LogP contribution < -0.4 is 10.6 Å². The molecule has 3 N–H and O–H groups in total. The predicted octanol–water partition coefficient (Wildman–Crippen LogP) is 1.40. The Balaban J connectivity index is 0.00000192. The monoisotopic (exact) mass is 336 g/mol. The van der Waals surface area contributed by atoms with Gasteiger partial charge in [0.15, 0.2) is 0 Å². The third-order valence-corrected chi connectivity index (χ3v) is 3.85. The Kier molecular flexibility index (Phi) is 6.36.